The highest BCUT2D eigenvalue weighted by atomic mass is 32.2. The zero-order valence-electron chi connectivity index (χ0n) is 13.5. The second-order valence-corrected chi connectivity index (χ2v) is 6.74. The minimum Gasteiger partial charge on any atom is -0.383 e. The van der Waals surface area contributed by atoms with Crippen molar-refractivity contribution in [3.05, 3.63) is 41.5 Å². The normalized spacial score (nSPS) is 17.7. The summed E-state index contributed by atoms with van der Waals surface area (Å²) in [5, 5.41) is 0.724. The second-order valence-electron chi connectivity index (χ2n) is 5.80. The van der Waals surface area contributed by atoms with Gasteiger partial charge in [-0.15, -0.1) is 0 Å². The molecule has 23 heavy (non-hydrogen) atoms. The van der Waals surface area contributed by atoms with Crippen LogP contribution in [0.1, 0.15) is 17.5 Å². The molecule has 0 saturated carbocycles. The van der Waals surface area contributed by atoms with E-state index in [2.05, 4.69) is 46.1 Å². The number of hydrogen-bond donors (Lipinski definition) is 1. The lowest BCUT2D eigenvalue weighted by Gasteiger charge is -2.18. The molecule has 0 spiro atoms. The maximum Gasteiger partial charge on any atom is 0.191 e. The number of thioether (sulfide) groups is 1. The van der Waals surface area contributed by atoms with E-state index in [1.807, 2.05) is 6.07 Å². The van der Waals surface area contributed by atoms with Gasteiger partial charge < -0.3 is 15.4 Å². The lowest BCUT2D eigenvalue weighted by Crippen LogP contribution is -2.23. The van der Waals surface area contributed by atoms with Crippen molar-refractivity contribution in [1.29, 1.82) is 0 Å². The van der Waals surface area contributed by atoms with E-state index in [-0.39, 0.29) is 6.10 Å². The highest BCUT2D eigenvalue weighted by Gasteiger charge is 2.23. The summed E-state index contributed by atoms with van der Waals surface area (Å²) < 4.78 is 5.42. The van der Waals surface area contributed by atoms with Crippen LogP contribution in [0.25, 0.3) is 0 Å². The molecule has 2 heterocycles. The molecule has 1 fully saturated rings. The molecule has 6 heteroatoms. The SMILES string of the molecule is CO[C@H]1CCN(c2cc(N)nc(SCc3ccc(C)cc3)n2)C1. The van der Waals surface area contributed by atoms with Crippen LogP contribution in [0.2, 0.25) is 0 Å². The summed E-state index contributed by atoms with van der Waals surface area (Å²) in [7, 11) is 1.76. The van der Waals surface area contributed by atoms with Crippen molar-refractivity contribution in [3.8, 4) is 0 Å². The molecule has 1 atom stereocenters. The lowest BCUT2D eigenvalue weighted by molar-refractivity contribution is 0.121. The number of nitrogen functional groups attached to an aromatic ring is 1. The number of nitrogens with zero attached hydrogens (tertiary/aromatic N) is 3. The molecule has 0 unspecified atom stereocenters. The third-order valence-electron chi connectivity index (χ3n) is 4.00. The minimum absolute atomic E-state index is 0.273. The highest BCUT2D eigenvalue weighted by molar-refractivity contribution is 7.98. The van der Waals surface area contributed by atoms with Gasteiger partial charge in [0.05, 0.1) is 6.10 Å². The lowest BCUT2D eigenvalue weighted by atomic mass is 10.2. The second kappa shape index (κ2) is 7.19. The van der Waals surface area contributed by atoms with Crippen LogP contribution in [0.4, 0.5) is 11.6 Å². The maximum atomic E-state index is 5.96. The molecule has 122 valence electrons. The van der Waals surface area contributed by atoms with E-state index in [4.69, 9.17) is 10.5 Å². The van der Waals surface area contributed by atoms with E-state index in [0.717, 1.165) is 36.2 Å². The van der Waals surface area contributed by atoms with E-state index in [9.17, 15) is 0 Å². The standard InChI is InChI=1S/C17H22N4OS/c1-12-3-5-13(6-4-12)11-23-17-19-15(18)9-16(20-17)21-8-7-14(10-21)22-2/h3-6,9,14H,7-8,10-11H2,1-2H3,(H2,18,19,20)/t14-/m0/s1. The molecule has 1 aromatic heterocycles. The number of aromatic nitrogens is 2. The van der Waals surface area contributed by atoms with Crippen molar-refractivity contribution in [1.82, 2.24) is 9.97 Å². The van der Waals surface area contributed by atoms with E-state index in [1.165, 1.54) is 11.1 Å². The van der Waals surface area contributed by atoms with Crippen molar-refractivity contribution >= 4 is 23.4 Å². The van der Waals surface area contributed by atoms with E-state index >= 15 is 0 Å². The summed E-state index contributed by atoms with van der Waals surface area (Å²) in [5.74, 6) is 2.25. The van der Waals surface area contributed by atoms with Crippen LogP contribution < -0.4 is 10.6 Å². The molecule has 0 radical (unpaired) electrons. The Bertz CT molecular complexity index is 662. The Labute approximate surface area is 141 Å². The van der Waals surface area contributed by atoms with Gasteiger partial charge in [-0.2, -0.15) is 0 Å². The molecule has 3 rings (SSSR count). The molecule has 2 N–H and O–H groups in total. The highest BCUT2D eigenvalue weighted by Crippen LogP contribution is 2.26. The van der Waals surface area contributed by atoms with Crippen molar-refractivity contribution in [2.75, 3.05) is 30.8 Å². The number of rotatable bonds is 5. The van der Waals surface area contributed by atoms with Crippen LogP contribution in [0.15, 0.2) is 35.5 Å². The first kappa shape index (κ1) is 16.1. The zero-order valence-corrected chi connectivity index (χ0v) is 14.3. The van der Waals surface area contributed by atoms with Gasteiger partial charge in [-0.25, -0.2) is 9.97 Å². The largest absolute Gasteiger partial charge is 0.383 e. The molecule has 2 aromatic rings. The van der Waals surface area contributed by atoms with Gasteiger partial charge in [-0.3, -0.25) is 0 Å². The van der Waals surface area contributed by atoms with Crippen molar-refractivity contribution < 1.29 is 4.74 Å². The summed E-state index contributed by atoms with van der Waals surface area (Å²) in [6.07, 6.45) is 1.29. The quantitative estimate of drug-likeness (QED) is 0.672. The molecular formula is C17H22N4OS. The van der Waals surface area contributed by atoms with E-state index in [1.54, 1.807) is 18.9 Å². The molecule has 1 aliphatic heterocycles. The summed E-state index contributed by atoms with van der Waals surface area (Å²) in [4.78, 5) is 11.2. The average Bonchev–Trinajstić information content (AvgIpc) is 3.03. The van der Waals surface area contributed by atoms with Crippen LogP contribution in [-0.2, 0) is 10.5 Å². The molecule has 0 aliphatic carbocycles. The van der Waals surface area contributed by atoms with E-state index < -0.39 is 0 Å². The number of nitrogens with two attached hydrogens (primary N) is 1. The predicted octanol–water partition coefficient (Wildman–Crippen LogP) is 2.88. The van der Waals surface area contributed by atoms with Gasteiger partial charge in [-0.1, -0.05) is 41.6 Å². The topological polar surface area (TPSA) is 64.3 Å². The van der Waals surface area contributed by atoms with E-state index in [0.29, 0.717) is 5.82 Å². The van der Waals surface area contributed by atoms with Crippen molar-refractivity contribution in [2.45, 2.75) is 30.4 Å². The fourth-order valence-corrected chi connectivity index (χ4v) is 3.43. The first-order valence-corrected chi connectivity index (χ1v) is 8.73. The molecule has 1 saturated heterocycles. The Hall–Kier alpha value is -1.79. The predicted molar refractivity (Wildman–Crippen MR) is 94.8 cm³/mol. The first-order valence-electron chi connectivity index (χ1n) is 7.74. The van der Waals surface area contributed by atoms with Gasteiger partial charge >= 0.3 is 0 Å². The zero-order chi connectivity index (χ0) is 16.2. The maximum absolute atomic E-state index is 5.96. The van der Waals surface area contributed by atoms with Crippen LogP contribution in [-0.4, -0.2) is 36.3 Å². The fourth-order valence-electron chi connectivity index (χ4n) is 2.62. The Morgan fingerprint density at radius 3 is 2.78 bits per heavy atom. The molecule has 1 aliphatic rings. The molecule has 0 amide bonds. The van der Waals surface area contributed by atoms with Gasteiger partial charge in [0.25, 0.3) is 0 Å². The van der Waals surface area contributed by atoms with Gasteiger partial charge in [-0.05, 0) is 18.9 Å². The van der Waals surface area contributed by atoms with Crippen LogP contribution >= 0.6 is 11.8 Å². The number of aryl methyl sites for hydroxylation is 1. The molecule has 1 aromatic carbocycles. The monoisotopic (exact) mass is 330 g/mol. The Morgan fingerprint density at radius 2 is 2.09 bits per heavy atom. The Kier molecular flexibility index (Phi) is 5.03. The molecule has 5 nitrogen and oxygen atoms in total. The van der Waals surface area contributed by atoms with Crippen LogP contribution in [0.3, 0.4) is 0 Å². The third kappa shape index (κ3) is 4.14. The van der Waals surface area contributed by atoms with Gasteiger partial charge in [0, 0.05) is 32.0 Å². The minimum atomic E-state index is 0.273. The number of benzene rings is 1. The number of anilines is 2. The van der Waals surface area contributed by atoms with Crippen molar-refractivity contribution in [3.63, 3.8) is 0 Å². The molecule has 0 bridgehead atoms. The third-order valence-corrected chi connectivity index (χ3v) is 4.92. The summed E-state index contributed by atoms with van der Waals surface area (Å²) in [6, 6.07) is 10.4. The Morgan fingerprint density at radius 1 is 1.30 bits per heavy atom. The summed E-state index contributed by atoms with van der Waals surface area (Å²) >= 11 is 1.61. The fraction of sp³-hybridized carbons (Fsp3) is 0.412. The van der Waals surface area contributed by atoms with Crippen LogP contribution in [0.5, 0.6) is 0 Å². The smallest absolute Gasteiger partial charge is 0.191 e. The number of hydrogen-bond acceptors (Lipinski definition) is 6. The number of ether oxygens (including phenoxy) is 1. The summed E-state index contributed by atoms with van der Waals surface area (Å²) in [6.45, 7) is 3.89. The Balaban J connectivity index is 1.69. The molecular weight excluding hydrogens is 308 g/mol. The van der Waals surface area contributed by atoms with Gasteiger partial charge in [0.2, 0.25) is 0 Å². The number of methoxy groups -OCH3 is 1. The van der Waals surface area contributed by atoms with Crippen LogP contribution in [0, 0.1) is 6.92 Å². The van der Waals surface area contributed by atoms with Crippen molar-refractivity contribution in [2.24, 2.45) is 0 Å². The summed E-state index contributed by atoms with van der Waals surface area (Å²) in [5.41, 5.74) is 8.49. The average molecular weight is 330 g/mol. The first-order chi connectivity index (χ1) is 11.1. The van der Waals surface area contributed by atoms with Gasteiger partial charge in [0.1, 0.15) is 11.6 Å². The van der Waals surface area contributed by atoms with Gasteiger partial charge in [0.15, 0.2) is 5.16 Å².